The van der Waals surface area contributed by atoms with E-state index in [0.29, 0.717) is 16.7 Å². The molecule has 0 bridgehead atoms. The average molecular weight is 332 g/mol. The summed E-state index contributed by atoms with van der Waals surface area (Å²) in [5, 5.41) is 4.76. The Morgan fingerprint density at radius 1 is 1.14 bits per heavy atom. The Labute approximate surface area is 139 Å². The maximum atomic E-state index is 6.12. The van der Waals surface area contributed by atoms with Gasteiger partial charge in [0.15, 0.2) is 0 Å². The van der Waals surface area contributed by atoms with Crippen LogP contribution in [0.5, 0.6) is 0 Å². The highest BCUT2D eigenvalue weighted by Crippen LogP contribution is 2.28. The van der Waals surface area contributed by atoms with E-state index in [1.165, 1.54) is 5.56 Å². The van der Waals surface area contributed by atoms with Gasteiger partial charge in [-0.3, -0.25) is 0 Å². The van der Waals surface area contributed by atoms with Gasteiger partial charge in [0.25, 0.3) is 0 Å². The minimum atomic E-state index is 0.0685. The second-order valence-electron chi connectivity index (χ2n) is 6.36. The highest BCUT2D eigenvalue weighted by Gasteiger charge is 2.32. The van der Waals surface area contributed by atoms with E-state index in [0.717, 1.165) is 13.0 Å². The molecule has 0 fully saturated rings. The van der Waals surface area contributed by atoms with Crippen LogP contribution in [-0.2, 0) is 11.2 Å². The number of hydrogen-bond acceptors (Lipinski definition) is 2. The number of halogens is 2. The Hall–Kier alpha value is -0.280. The first-order valence-corrected chi connectivity index (χ1v) is 8.34. The predicted octanol–water partition coefficient (Wildman–Crippen LogP) is 4.97. The van der Waals surface area contributed by atoms with Crippen molar-refractivity contribution in [3.8, 4) is 0 Å². The van der Waals surface area contributed by atoms with Crippen molar-refractivity contribution in [2.45, 2.75) is 53.2 Å². The molecule has 120 valence electrons. The van der Waals surface area contributed by atoms with Crippen molar-refractivity contribution in [2.75, 3.05) is 13.2 Å². The zero-order valence-electron chi connectivity index (χ0n) is 13.7. The highest BCUT2D eigenvalue weighted by molar-refractivity contribution is 6.42. The number of benzene rings is 1. The fourth-order valence-electron chi connectivity index (χ4n) is 2.62. The topological polar surface area (TPSA) is 21.3 Å². The molecule has 1 aromatic carbocycles. The SMILES string of the molecule is CCNC(Cc1ccc(Cl)c(Cl)c1)C(OCC)C(C)(C)C. The molecular formula is C17H27Cl2NO. The van der Waals surface area contributed by atoms with E-state index in [1.807, 2.05) is 25.1 Å². The Morgan fingerprint density at radius 3 is 2.29 bits per heavy atom. The van der Waals surface area contributed by atoms with Crippen molar-refractivity contribution in [3.63, 3.8) is 0 Å². The molecule has 0 spiro atoms. The van der Waals surface area contributed by atoms with Crippen LogP contribution in [0.2, 0.25) is 10.0 Å². The molecule has 2 atom stereocenters. The molecule has 0 saturated carbocycles. The van der Waals surface area contributed by atoms with Crippen LogP contribution in [0.3, 0.4) is 0 Å². The lowest BCUT2D eigenvalue weighted by Crippen LogP contribution is -2.49. The molecule has 4 heteroatoms. The van der Waals surface area contributed by atoms with Crippen LogP contribution in [0, 0.1) is 5.41 Å². The van der Waals surface area contributed by atoms with Gasteiger partial charge in [-0.1, -0.05) is 57.0 Å². The largest absolute Gasteiger partial charge is 0.376 e. The van der Waals surface area contributed by atoms with Crippen molar-refractivity contribution in [1.29, 1.82) is 0 Å². The summed E-state index contributed by atoms with van der Waals surface area (Å²) in [7, 11) is 0. The molecule has 0 aromatic heterocycles. The average Bonchev–Trinajstić information content (AvgIpc) is 2.38. The van der Waals surface area contributed by atoms with Crippen molar-refractivity contribution < 1.29 is 4.74 Å². The highest BCUT2D eigenvalue weighted by atomic mass is 35.5. The van der Waals surface area contributed by atoms with Gasteiger partial charge in [-0.05, 0) is 43.0 Å². The van der Waals surface area contributed by atoms with Gasteiger partial charge in [0.1, 0.15) is 0 Å². The Balaban J connectivity index is 2.95. The van der Waals surface area contributed by atoms with Gasteiger partial charge in [0.05, 0.1) is 16.1 Å². The van der Waals surface area contributed by atoms with Gasteiger partial charge in [0.2, 0.25) is 0 Å². The van der Waals surface area contributed by atoms with E-state index in [1.54, 1.807) is 0 Å². The molecule has 0 aliphatic heterocycles. The molecule has 1 N–H and O–H groups in total. The summed E-state index contributed by atoms with van der Waals surface area (Å²) in [6.07, 6.45) is 1.00. The molecular weight excluding hydrogens is 305 g/mol. The quantitative estimate of drug-likeness (QED) is 0.761. The maximum Gasteiger partial charge on any atom is 0.0779 e. The van der Waals surface area contributed by atoms with Gasteiger partial charge in [-0.15, -0.1) is 0 Å². The Bertz CT molecular complexity index is 443. The predicted molar refractivity (Wildman–Crippen MR) is 92.5 cm³/mol. The third-order valence-electron chi connectivity index (χ3n) is 3.47. The lowest BCUT2D eigenvalue weighted by molar-refractivity contribution is -0.0352. The second-order valence-corrected chi connectivity index (χ2v) is 7.17. The molecule has 0 aliphatic carbocycles. The van der Waals surface area contributed by atoms with Crippen molar-refractivity contribution >= 4 is 23.2 Å². The monoisotopic (exact) mass is 331 g/mol. The summed E-state index contributed by atoms with van der Waals surface area (Å²) in [6.45, 7) is 12.4. The van der Waals surface area contributed by atoms with Crippen LogP contribution in [0.15, 0.2) is 18.2 Å². The molecule has 21 heavy (non-hydrogen) atoms. The third-order valence-corrected chi connectivity index (χ3v) is 4.21. The van der Waals surface area contributed by atoms with Crippen LogP contribution in [0.1, 0.15) is 40.2 Å². The zero-order valence-corrected chi connectivity index (χ0v) is 15.2. The summed E-state index contributed by atoms with van der Waals surface area (Å²) >= 11 is 12.1. The lowest BCUT2D eigenvalue weighted by atomic mass is 9.82. The second kappa shape index (κ2) is 8.38. The van der Waals surface area contributed by atoms with E-state index >= 15 is 0 Å². The van der Waals surface area contributed by atoms with Gasteiger partial charge >= 0.3 is 0 Å². The van der Waals surface area contributed by atoms with Gasteiger partial charge < -0.3 is 10.1 Å². The molecule has 0 amide bonds. The van der Waals surface area contributed by atoms with Gasteiger partial charge in [-0.2, -0.15) is 0 Å². The maximum absolute atomic E-state index is 6.12. The molecule has 1 aromatic rings. The minimum absolute atomic E-state index is 0.0685. The van der Waals surface area contributed by atoms with Crippen molar-refractivity contribution in [1.82, 2.24) is 5.32 Å². The molecule has 0 radical (unpaired) electrons. The number of nitrogens with one attached hydrogen (secondary N) is 1. The van der Waals surface area contributed by atoms with Gasteiger partial charge in [0, 0.05) is 12.6 Å². The number of ether oxygens (including phenoxy) is 1. The smallest absolute Gasteiger partial charge is 0.0779 e. The molecule has 0 saturated heterocycles. The van der Waals surface area contributed by atoms with Crippen molar-refractivity contribution in [2.24, 2.45) is 5.41 Å². The number of rotatable bonds is 7. The van der Waals surface area contributed by atoms with Crippen LogP contribution in [0.25, 0.3) is 0 Å². The third kappa shape index (κ3) is 5.78. The van der Waals surface area contributed by atoms with Crippen molar-refractivity contribution in [3.05, 3.63) is 33.8 Å². The molecule has 0 aliphatic rings. The van der Waals surface area contributed by atoms with Crippen LogP contribution < -0.4 is 5.32 Å². The first-order chi connectivity index (χ1) is 9.79. The van der Waals surface area contributed by atoms with E-state index in [2.05, 4.69) is 33.0 Å². The number of likely N-dealkylation sites (N-methyl/N-ethyl adjacent to an activating group) is 1. The van der Waals surface area contributed by atoms with E-state index in [-0.39, 0.29) is 17.6 Å². The molecule has 2 nitrogen and oxygen atoms in total. The molecule has 0 heterocycles. The summed E-state index contributed by atoms with van der Waals surface area (Å²) in [5.74, 6) is 0. The first kappa shape index (κ1) is 18.8. The Kier molecular flexibility index (Phi) is 7.49. The Morgan fingerprint density at radius 2 is 1.81 bits per heavy atom. The van der Waals surface area contributed by atoms with Crippen LogP contribution in [-0.4, -0.2) is 25.3 Å². The standard InChI is InChI=1S/C17H27Cl2NO/c1-6-20-15(16(21-7-2)17(3,4)5)11-12-8-9-13(18)14(19)10-12/h8-10,15-16,20H,6-7,11H2,1-5H3. The lowest BCUT2D eigenvalue weighted by Gasteiger charge is -2.37. The molecule has 1 rings (SSSR count). The summed E-state index contributed by atoms with van der Waals surface area (Å²) < 4.78 is 6.03. The fraction of sp³-hybridized carbons (Fsp3) is 0.647. The van der Waals surface area contributed by atoms with Crippen LogP contribution >= 0.6 is 23.2 Å². The van der Waals surface area contributed by atoms with Gasteiger partial charge in [-0.25, -0.2) is 0 Å². The zero-order chi connectivity index (χ0) is 16.0. The fourth-order valence-corrected chi connectivity index (χ4v) is 2.94. The minimum Gasteiger partial charge on any atom is -0.376 e. The van der Waals surface area contributed by atoms with Crippen LogP contribution in [0.4, 0.5) is 0 Å². The normalized spacial score (nSPS) is 15.0. The summed E-state index contributed by atoms with van der Waals surface area (Å²) in [5.41, 5.74) is 1.24. The first-order valence-electron chi connectivity index (χ1n) is 7.58. The van der Waals surface area contributed by atoms with E-state index in [4.69, 9.17) is 27.9 Å². The summed E-state index contributed by atoms with van der Waals surface area (Å²) in [4.78, 5) is 0. The summed E-state index contributed by atoms with van der Waals surface area (Å²) in [6, 6.07) is 6.08. The molecule has 2 unspecified atom stereocenters. The van der Waals surface area contributed by atoms with E-state index < -0.39 is 0 Å². The van der Waals surface area contributed by atoms with E-state index in [9.17, 15) is 0 Å². The number of hydrogen-bond donors (Lipinski definition) is 1.